The van der Waals surface area contributed by atoms with E-state index in [9.17, 15) is 0 Å². The molecule has 4 atom stereocenters. The number of hydrogen-bond donors (Lipinski definition) is 0. The summed E-state index contributed by atoms with van der Waals surface area (Å²) < 4.78 is 24.2. The van der Waals surface area contributed by atoms with Crippen molar-refractivity contribution in [2.75, 3.05) is 0 Å². The van der Waals surface area contributed by atoms with Crippen LogP contribution in [0.15, 0.2) is 18.2 Å². The number of aryl methyl sites for hydroxylation is 2. The third-order valence-electron chi connectivity index (χ3n) is 4.73. The fourth-order valence-corrected chi connectivity index (χ4v) is 3.52. The lowest BCUT2D eigenvalue weighted by molar-refractivity contribution is -0.219. The topological polar surface area (TPSA) is 36.9 Å². The van der Waals surface area contributed by atoms with Crippen molar-refractivity contribution in [3.8, 4) is 0 Å². The first-order chi connectivity index (χ1) is 10.9. The fraction of sp³-hybridized carbons (Fsp3) is 0.684. The minimum absolute atomic E-state index is 0.0374. The highest BCUT2D eigenvalue weighted by molar-refractivity contribution is 5.32. The smallest absolute Gasteiger partial charge is 0.190 e. The molecular formula is C19H28O4. The lowest BCUT2D eigenvalue weighted by Crippen LogP contribution is -2.36. The van der Waals surface area contributed by atoms with Crippen LogP contribution in [-0.2, 0) is 25.6 Å². The average Bonchev–Trinajstić information content (AvgIpc) is 2.91. The van der Waals surface area contributed by atoms with Gasteiger partial charge in [0.2, 0.25) is 0 Å². The minimum atomic E-state index is -0.604. The molecule has 0 radical (unpaired) electrons. The first-order valence-electron chi connectivity index (χ1n) is 8.59. The largest absolute Gasteiger partial charge is 0.368 e. The number of hydrogen-bond acceptors (Lipinski definition) is 4. The van der Waals surface area contributed by atoms with Crippen LogP contribution < -0.4 is 0 Å². The molecule has 2 heterocycles. The van der Waals surface area contributed by atoms with Crippen molar-refractivity contribution in [1.82, 2.24) is 0 Å². The third kappa shape index (κ3) is 3.45. The van der Waals surface area contributed by atoms with Crippen LogP contribution in [0.5, 0.6) is 0 Å². The van der Waals surface area contributed by atoms with E-state index in [0.29, 0.717) is 6.61 Å². The van der Waals surface area contributed by atoms with Gasteiger partial charge in [-0.2, -0.15) is 0 Å². The van der Waals surface area contributed by atoms with Gasteiger partial charge in [0.25, 0.3) is 0 Å². The predicted molar refractivity (Wildman–Crippen MR) is 88.1 cm³/mol. The third-order valence-corrected chi connectivity index (χ3v) is 4.73. The Morgan fingerprint density at radius 1 is 1.13 bits per heavy atom. The van der Waals surface area contributed by atoms with E-state index in [1.165, 1.54) is 16.7 Å². The Morgan fingerprint density at radius 2 is 1.83 bits per heavy atom. The first kappa shape index (κ1) is 16.9. The molecule has 0 aromatic heterocycles. The maximum Gasteiger partial charge on any atom is 0.190 e. The van der Waals surface area contributed by atoms with Crippen LogP contribution in [0.25, 0.3) is 0 Å². The van der Waals surface area contributed by atoms with Crippen molar-refractivity contribution in [1.29, 1.82) is 0 Å². The number of benzene rings is 1. The van der Waals surface area contributed by atoms with Gasteiger partial charge in [-0.1, -0.05) is 31.5 Å². The highest BCUT2D eigenvalue weighted by Crippen LogP contribution is 2.40. The van der Waals surface area contributed by atoms with Crippen LogP contribution in [0.4, 0.5) is 0 Å². The second-order valence-electron chi connectivity index (χ2n) is 7.08. The zero-order valence-corrected chi connectivity index (χ0v) is 14.8. The Morgan fingerprint density at radius 3 is 2.48 bits per heavy atom. The Kier molecular flexibility index (Phi) is 4.79. The van der Waals surface area contributed by atoms with Crippen LogP contribution in [-0.4, -0.2) is 30.4 Å². The van der Waals surface area contributed by atoms with Crippen LogP contribution in [0.3, 0.4) is 0 Å². The highest BCUT2D eigenvalue weighted by Gasteiger charge is 2.54. The molecule has 3 rings (SSSR count). The zero-order valence-electron chi connectivity index (χ0n) is 14.8. The predicted octanol–water partition coefficient (Wildman–Crippen LogP) is 3.87. The van der Waals surface area contributed by atoms with Gasteiger partial charge in [-0.05, 0) is 50.8 Å². The second-order valence-corrected chi connectivity index (χ2v) is 7.08. The molecule has 0 unspecified atom stereocenters. The van der Waals surface area contributed by atoms with Crippen molar-refractivity contribution < 1.29 is 18.9 Å². The normalized spacial score (nSPS) is 32.2. The van der Waals surface area contributed by atoms with Gasteiger partial charge in [0.15, 0.2) is 12.1 Å². The summed E-state index contributed by atoms with van der Waals surface area (Å²) in [5.41, 5.74) is 3.78. The van der Waals surface area contributed by atoms with E-state index >= 15 is 0 Å². The molecule has 23 heavy (non-hydrogen) atoms. The Balaban J connectivity index is 1.73. The molecule has 0 saturated carbocycles. The van der Waals surface area contributed by atoms with Gasteiger partial charge >= 0.3 is 0 Å². The van der Waals surface area contributed by atoms with Crippen molar-refractivity contribution >= 4 is 0 Å². The Labute approximate surface area is 139 Å². The lowest BCUT2D eigenvalue weighted by Gasteiger charge is -2.26. The van der Waals surface area contributed by atoms with E-state index < -0.39 is 5.79 Å². The van der Waals surface area contributed by atoms with Crippen molar-refractivity contribution in [3.63, 3.8) is 0 Å². The quantitative estimate of drug-likeness (QED) is 0.825. The Hall–Kier alpha value is -0.940. The van der Waals surface area contributed by atoms with Crippen molar-refractivity contribution in [2.24, 2.45) is 0 Å². The van der Waals surface area contributed by atoms with E-state index in [1.54, 1.807) is 0 Å². The Bertz CT molecular complexity index is 534. The molecule has 0 aliphatic carbocycles. The molecule has 0 amide bonds. The number of rotatable bonds is 5. The molecule has 0 spiro atoms. The fourth-order valence-electron chi connectivity index (χ4n) is 3.52. The van der Waals surface area contributed by atoms with Crippen LogP contribution in [0.1, 0.15) is 50.3 Å². The summed E-state index contributed by atoms with van der Waals surface area (Å²) in [6, 6.07) is 6.34. The molecule has 0 bridgehead atoms. The molecule has 1 aromatic carbocycles. The molecule has 2 aliphatic rings. The summed E-state index contributed by atoms with van der Waals surface area (Å²) in [4.78, 5) is 0. The molecule has 0 N–H and O–H groups in total. The average molecular weight is 320 g/mol. The second kappa shape index (κ2) is 6.52. The molecule has 4 heteroatoms. The lowest BCUT2D eigenvalue weighted by atomic mass is 10.0. The van der Waals surface area contributed by atoms with Gasteiger partial charge in [-0.25, -0.2) is 0 Å². The summed E-state index contributed by atoms with van der Waals surface area (Å²) in [5.74, 6) is -0.604. The van der Waals surface area contributed by atoms with Crippen LogP contribution in [0, 0.1) is 13.8 Å². The summed E-state index contributed by atoms with van der Waals surface area (Å²) >= 11 is 0. The van der Waals surface area contributed by atoms with Gasteiger partial charge in [0.1, 0.15) is 12.2 Å². The molecule has 1 aromatic rings. The molecule has 2 saturated heterocycles. The van der Waals surface area contributed by atoms with Crippen LogP contribution in [0.2, 0.25) is 0 Å². The monoisotopic (exact) mass is 320 g/mol. The zero-order chi connectivity index (χ0) is 16.6. The van der Waals surface area contributed by atoms with Gasteiger partial charge in [0.05, 0.1) is 12.7 Å². The maximum atomic E-state index is 6.29. The molecule has 4 nitrogen and oxygen atoms in total. The summed E-state index contributed by atoms with van der Waals surface area (Å²) in [6.07, 6.45) is 1.50. The molecule has 2 aliphatic heterocycles. The van der Waals surface area contributed by atoms with Gasteiger partial charge in [0, 0.05) is 0 Å². The van der Waals surface area contributed by atoms with Gasteiger partial charge < -0.3 is 18.9 Å². The maximum absolute atomic E-state index is 6.29. The highest BCUT2D eigenvalue weighted by atomic mass is 16.8. The molecular weight excluding hydrogens is 292 g/mol. The summed E-state index contributed by atoms with van der Waals surface area (Å²) in [7, 11) is 0. The number of fused-ring (bicyclic) bond motifs is 1. The molecule has 2 fully saturated rings. The van der Waals surface area contributed by atoms with E-state index in [4.69, 9.17) is 18.9 Å². The van der Waals surface area contributed by atoms with Gasteiger partial charge in [-0.3, -0.25) is 0 Å². The van der Waals surface area contributed by atoms with Crippen molar-refractivity contribution in [3.05, 3.63) is 34.9 Å². The number of ether oxygens (including phenoxy) is 4. The van der Waals surface area contributed by atoms with Gasteiger partial charge in [-0.15, -0.1) is 0 Å². The first-order valence-corrected chi connectivity index (χ1v) is 8.59. The van der Waals surface area contributed by atoms with E-state index in [0.717, 1.165) is 12.8 Å². The minimum Gasteiger partial charge on any atom is -0.368 e. The van der Waals surface area contributed by atoms with E-state index in [1.807, 2.05) is 13.8 Å². The van der Waals surface area contributed by atoms with Crippen LogP contribution >= 0.6 is 0 Å². The van der Waals surface area contributed by atoms with E-state index in [-0.39, 0.29) is 24.6 Å². The SMILES string of the molecule is CCC[C@H]1O[C@@H]2OC(C)(C)O[C@@H]2[C@H]1OCc1c(C)cccc1C. The van der Waals surface area contributed by atoms with E-state index in [2.05, 4.69) is 39.0 Å². The summed E-state index contributed by atoms with van der Waals surface area (Å²) in [5, 5.41) is 0. The standard InChI is InChI=1S/C19H28O4/c1-6-8-15-16(17-18(21-15)23-19(4,5)22-17)20-11-14-12(2)9-7-10-13(14)3/h7,9-10,15-18H,6,8,11H2,1-5H3/t15-,16+,17-,18-/m1/s1. The van der Waals surface area contributed by atoms with Crippen molar-refractivity contribution in [2.45, 2.75) is 84.5 Å². The molecule has 128 valence electrons. The summed E-state index contributed by atoms with van der Waals surface area (Å²) in [6.45, 7) is 10.8.